The summed E-state index contributed by atoms with van der Waals surface area (Å²) in [6.45, 7) is 4.41. The molecule has 4 rings (SSSR count). The first-order valence-electron chi connectivity index (χ1n) is 11.7. The summed E-state index contributed by atoms with van der Waals surface area (Å²) in [5.74, 6) is 0.777. The van der Waals surface area contributed by atoms with Crippen molar-refractivity contribution in [1.29, 1.82) is 0 Å². The number of carbonyl (C=O) groups is 1. The molecule has 0 radical (unpaired) electrons. The van der Waals surface area contributed by atoms with Crippen LogP contribution in [0, 0.1) is 0 Å². The van der Waals surface area contributed by atoms with Gasteiger partial charge >= 0.3 is 6.09 Å². The Balaban J connectivity index is 1.28. The van der Waals surface area contributed by atoms with E-state index in [1.165, 1.54) is 11.1 Å². The third kappa shape index (κ3) is 5.63. The molecule has 1 unspecified atom stereocenters. The standard InChI is InChI=1S/C27H33N3O3/c1-4-7-20-11-13-22(14-12-20)30-19-24(33-27(30)31)18-29(2)15-6-9-21-8-5-10-26-25(21)16-23(32-3)17-28-26/h5,8,10-14,16-17,24H,4,6-7,9,15,18-19H2,1-3H3. The number of likely N-dealkylation sites (N-methyl/N-ethyl adjacent to an activating group) is 1. The number of ether oxygens (including phenoxy) is 2. The number of methoxy groups -OCH3 is 1. The van der Waals surface area contributed by atoms with Crippen LogP contribution in [0.25, 0.3) is 10.9 Å². The Bertz CT molecular complexity index is 1080. The maximum Gasteiger partial charge on any atom is 0.414 e. The van der Waals surface area contributed by atoms with Crippen molar-refractivity contribution in [3.8, 4) is 5.75 Å². The number of carbonyl (C=O) groups excluding carboxylic acids is 1. The van der Waals surface area contributed by atoms with Gasteiger partial charge in [0.1, 0.15) is 11.9 Å². The summed E-state index contributed by atoms with van der Waals surface area (Å²) in [6.07, 6.45) is 5.52. The number of amides is 1. The Labute approximate surface area is 196 Å². The number of fused-ring (bicyclic) bond motifs is 1. The quantitative estimate of drug-likeness (QED) is 0.434. The van der Waals surface area contributed by atoms with Gasteiger partial charge in [-0.15, -0.1) is 0 Å². The highest BCUT2D eigenvalue weighted by Crippen LogP contribution is 2.24. The van der Waals surface area contributed by atoms with Crippen molar-refractivity contribution in [3.05, 3.63) is 65.9 Å². The van der Waals surface area contributed by atoms with Crippen LogP contribution in [-0.4, -0.2) is 55.9 Å². The van der Waals surface area contributed by atoms with E-state index >= 15 is 0 Å². The number of hydrogen-bond donors (Lipinski definition) is 0. The number of anilines is 1. The molecule has 2 heterocycles. The summed E-state index contributed by atoms with van der Waals surface area (Å²) in [5, 5.41) is 1.14. The molecule has 1 fully saturated rings. The molecule has 0 spiro atoms. The Morgan fingerprint density at radius 1 is 1.18 bits per heavy atom. The number of aryl methyl sites for hydroxylation is 2. The molecule has 1 aliphatic heterocycles. The molecule has 6 heteroatoms. The molecule has 33 heavy (non-hydrogen) atoms. The lowest BCUT2D eigenvalue weighted by Gasteiger charge is -2.20. The van der Waals surface area contributed by atoms with E-state index in [2.05, 4.69) is 54.2 Å². The number of pyridine rings is 1. The van der Waals surface area contributed by atoms with E-state index in [4.69, 9.17) is 9.47 Å². The lowest BCUT2D eigenvalue weighted by atomic mass is 10.0. The first-order chi connectivity index (χ1) is 16.1. The van der Waals surface area contributed by atoms with Gasteiger partial charge in [0.05, 0.1) is 25.4 Å². The molecule has 174 valence electrons. The zero-order valence-corrected chi connectivity index (χ0v) is 19.8. The van der Waals surface area contributed by atoms with Crippen molar-refractivity contribution in [2.45, 2.75) is 38.7 Å². The minimum Gasteiger partial charge on any atom is -0.495 e. The van der Waals surface area contributed by atoms with Crippen LogP contribution in [0.2, 0.25) is 0 Å². The topological polar surface area (TPSA) is 54.9 Å². The lowest BCUT2D eigenvalue weighted by molar-refractivity contribution is 0.117. The van der Waals surface area contributed by atoms with Crippen LogP contribution in [0.1, 0.15) is 30.9 Å². The minimum absolute atomic E-state index is 0.121. The fraction of sp³-hybridized carbons (Fsp3) is 0.407. The van der Waals surface area contributed by atoms with Gasteiger partial charge in [-0.3, -0.25) is 9.88 Å². The maximum atomic E-state index is 12.4. The molecule has 1 aromatic heterocycles. The van der Waals surface area contributed by atoms with Gasteiger partial charge in [0.25, 0.3) is 0 Å². The zero-order chi connectivity index (χ0) is 23.2. The van der Waals surface area contributed by atoms with Gasteiger partial charge in [-0.2, -0.15) is 0 Å². The second-order valence-corrected chi connectivity index (χ2v) is 8.76. The third-order valence-corrected chi connectivity index (χ3v) is 6.19. The molecule has 1 atom stereocenters. The van der Waals surface area contributed by atoms with Crippen molar-refractivity contribution in [1.82, 2.24) is 9.88 Å². The number of aromatic nitrogens is 1. The Kier molecular flexibility index (Phi) is 7.45. The van der Waals surface area contributed by atoms with Crippen LogP contribution in [0.3, 0.4) is 0 Å². The van der Waals surface area contributed by atoms with Gasteiger partial charge in [-0.1, -0.05) is 37.6 Å². The summed E-state index contributed by atoms with van der Waals surface area (Å²) < 4.78 is 11.0. The van der Waals surface area contributed by atoms with E-state index in [-0.39, 0.29) is 12.2 Å². The molecule has 0 saturated carbocycles. The predicted octanol–water partition coefficient (Wildman–Crippen LogP) is 5.09. The van der Waals surface area contributed by atoms with E-state index < -0.39 is 0 Å². The first-order valence-corrected chi connectivity index (χ1v) is 11.7. The lowest BCUT2D eigenvalue weighted by Crippen LogP contribution is -2.33. The van der Waals surface area contributed by atoms with Gasteiger partial charge in [-0.05, 0) is 68.2 Å². The summed E-state index contributed by atoms with van der Waals surface area (Å²) in [4.78, 5) is 20.9. The van der Waals surface area contributed by atoms with Crippen LogP contribution < -0.4 is 9.64 Å². The Morgan fingerprint density at radius 3 is 2.76 bits per heavy atom. The fourth-order valence-corrected chi connectivity index (χ4v) is 4.46. The smallest absolute Gasteiger partial charge is 0.414 e. The summed E-state index contributed by atoms with van der Waals surface area (Å²) in [7, 11) is 3.75. The summed E-state index contributed by atoms with van der Waals surface area (Å²) in [6, 6.07) is 16.5. The number of cyclic esters (lactones) is 1. The second-order valence-electron chi connectivity index (χ2n) is 8.76. The molecular formula is C27H33N3O3. The molecule has 0 aliphatic carbocycles. The molecule has 1 amide bonds. The van der Waals surface area contributed by atoms with Crippen molar-refractivity contribution < 1.29 is 14.3 Å². The largest absolute Gasteiger partial charge is 0.495 e. The van der Waals surface area contributed by atoms with Crippen LogP contribution in [0.4, 0.5) is 10.5 Å². The normalized spacial score (nSPS) is 15.9. The molecular weight excluding hydrogens is 414 g/mol. The third-order valence-electron chi connectivity index (χ3n) is 6.19. The average Bonchev–Trinajstić information content (AvgIpc) is 3.19. The molecule has 1 aliphatic rings. The summed E-state index contributed by atoms with van der Waals surface area (Å²) >= 11 is 0. The van der Waals surface area contributed by atoms with Gasteiger partial charge in [0, 0.05) is 17.6 Å². The predicted molar refractivity (Wildman–Crippen MR) is 132 cm³/mol. The van der Waals surface area contributed by atoms with Gasteiger partial charge in [0.15, 0.2) is 0 Å². The highest BCUT2D eigenvalue weighted by Gasteiger charge is 2.32. The first kappa shape index (κ1) is 23.1. The fourth-order valence-electron chi connectivity index (χ4n) is 4.46. The maximum absolute atomic E-state index is 12.4. The molecule has 6 nitrogen and oxygen atoms in total. The van der Waals surface area contributed by atoms with Crippen molar-refractivity contribution in [2.24, 2.45) is 0 Å². The molecule has 1 saturated heterocycles. The highest BCUT2D eigenvalue weighted by molar-refractivity contribution is 5.89. The van der Waals surface area contributed by atoms with E-state index in [9.17, 15) is 4.79 Å². The monoisotopic (exact) mass is 447 g/mol. The highest BCUT2D eigenvalue weighted by atomic mass is 16.6. The Hall–Kier alpha value is -3.12. The SMILES string of the molecule is CCCc1ccc(N2CC(CN(C)CCCc3cccc4ncc(OC)cc34)OC2=O)cc1. The Morgan fingerprint density at radius 2 is 2.00 bits per heavy atom. The van der Waals surface area contributed by atoms with E-state index in [1.807, 2.05) is 18.2 Å². The van der Waals surface area contributed by atoms with E-state index in [1.54, 1.807) is 18.2 Å². The molecule has 0 bridgehead atoms. The van der Waals surface area contributed by atoms with Crippen LogP contribution in [0.5, 0.6) is 5.75 Å². The van der Waals surface area contributed by atoms with Crippen molar-refractivity contribution >= 4 is 22.7 Å². The van der Waals surface area contributed by atoms with Crippen LogP contribution in [0.15, 0.2) is 54.7 Å². The number of hydrogen-bond acceptors (Lipinski definition) is 5. The van der Waals surface area contributed by atoms with Crippen molar-refractivity contribution in [2.75, 3.05) is 38.7 Å². The van der Waals surface area contributed by atoms with Crippen LogP contribution >= 0.6 is 0 Å². The van der Waals surface area contributed by atoms with Crippen molar-refractivity contribution in [3.63, 3.8) is 0 Å². The number of nitrogens with zero attached hydrogens (tertiary/aromatic N) is 3. The molecule has 0 N–H and O–H groups in total. The van der Waals surface area contributed by atoms with Crippen LogP contribution in [-0.2, 0) is 17.6 Å². The average molecular weight is 448 g/mol. The van der Waals surface area contributed by atoms with Gasteiger partial charge in [-0.25, -0.2) is 4.79 Å². The molecule has 2 aromatic carbocycles. The van der Waals surface area contributed by atoms with Gasteiger partial charge in [0.2, 0.25) is 0 Å². The zero-order valence-electron chi connectivity index (χ0n) is 19.8. The van der Waals surface area contributed by atoms with E-state index in [0.29, 0.717) is 6.54 Å². The second kappa shape index (κ2) is 10.7. The summed E-state index contributed by atoms with van der Waals surface area (Å²) in [5.41, 5.74) is 4.47. The molecule has 3 aromatic rings. The van der Waals surface area contributed by atoms with E-state index in [0.717, 1.165) is 61.1 Å². The minimum atomic E-state index is -0.256. The van der Waals surface area contributed by atoms with Gasteiger partial charge < -0.3 is 14.4 Å². The number of benzene rings is 2. The number of rotatable bonds is 10.